The molecule has 1 aliphatic rings. The molecule has 0 unspecified atom stereocenters. The Labute approximate surface area is 133 Å². The highest BCUT2D eigenvalue weighted by Gasteiger charge is 2.25. The lowest BCUT2D eigenvalue weighted by Gasteiger charge is -2.02. The average molecular weight is 296 g/mol. The van der Waals surface area contributed by atoms with Gasteiger partial charge in [0, 0.05) is 35.3 Å². The Hall–Kier alpha value is -3.25. The first-order valence-electron chi connectivity index (χ1n) is 7.37. The van der Waals surface area contributed by atoms with Gasteiger partial charge in [0.25, 0.3) is 0 Å². The molecule has 0 spiro atoms. The van der Waals surface area contributed by atoms with Crippen molar-refractivity contribution >= 4 is 22.6 Å². The number of ketones is 1. The zero-order valence-electron chi connectivity index (χ0n) is 12.3. The van der Waals surface area contributed by atoms with Gasteiger partial charge in [-0.05, 0) is 40.8 Å². The van der Waals surface area contributed by atoms with Gasteiger partial charge >= 0.3 is 0 Å². The minimum Gasteiger partial charge on any atom is -0.289 e. The van der Waals surface area contributed by atoms with Gasteiger partial charge in [-0.25, -0.2) is 0 Å². The van der Waals surface area contributed by atoms with Crippen LogP contribution in [0.15, 0.2) is 60.4 Å². The number of carbonyl (C=O) groups is 1. The Morgan fingerprint density at radius 1 is 1.17 bits per heavy atom. The Morgan fingerprint density at radius 2 is 2.09 bits per heavy atom. The van der Waals surface area contributed by atoms with Crippen LogP contribution >= 0.6 is 0 Å². The van der Waals surface area contributed by atoms with Crippen molar-refractivity contribution in [3.63, 3.8) is 0 Å². The smallest absolute Gasteiger partial charge is 0.189 e. The van der Waals surface area contributed by atoms with Gasteiger partial charge in [-0.1, -0.05) is 24.3 Å². The monoisotopic (exact) mass is 296 g/mol. The molecule has 0 saturated heterocycles. The topological polar surface area (TPSA) is 53.8 Å². The first-order chi connectivity index (χ1) is 11.3. The van der Waals surface area contributed by atoms with Crippen LogP contribution in [0.5, 0.6) is 0 Å². The Morgan fingerprint density at radius 3 is 2.96 bits per heavy atom. The van der Waals surface area contributed by atoms with E-state index in [-0.39, 0.29) is 5.78 Å². The van der Waals surface area contributed by atoms with Crippen LogP contribution in [0.4, 0.5) is 0 Å². The summed E-state index contributed by atoms with van der Waals surface area (Å²) in [5, 5.41) is 11.1. The molecular formula is C20H12N2O. The van der Waals surface area contributed by atoms with Gasteiger partial charge in [-0.3, -0.25) is 9.78 Å². The Bertz CT molecular complexity index is 1020. The predicted molar refractivity (Wildman–Crippen MR) is 88.9 cm³/mol. The van der Waals surface area contributed by atoms with E-state index in [0.29, 0.717) is 17.5 Å². The van der Waals surface area contributed by atoms with Crippen LogP contribution in [0.1, 0.15) is 27.0 Å². The van der Waals surface area contributed by atoms with E-state index in [1.807, 2.05) is 42.6 Å². The zero-order valence-corrected chi connectivity index (χ0v) is 12.3. The van der Waals surface area contributed by atoms with Crippen molar-refractivity contribution < 1.29 is 4.79 Å². The molecule has 1 aliphatic carbocycles. The standard InChI is InChI=1S/C20H12N2O/c21-11-13-4-5-15-10-17(20(23)19(15)8-13)9-14-2-1-3-16-12-22-7-6-18(14)16/h1-9,12H,10H2/b17-9-. The van der Waals surface area contributed by atoms with Crippen LogP contribution in [0, 0.1) is 11.3 Å². The fourth-order valence-electron chi connectivity index (χ4n) is 3.05. The molecule has 0 fully saturated rings. The molecule has 0 bridgehead atoms. The third-order valence-corrected chi connectivity index (χ3v) is 4.20. The van der Waals surface area contributed by atoms with Crippen molar-refractivity contribution in [2.24, 2.45) is 0 Å². The number of allylic oxidation sites excluding steroid dienone is 1. The van der Waals surface area contributed by atoms with E-state index in [9.17, 15) is 4.79 Å². The maximum Gasteiger partial charge on any atom is 0.189 e. The first kappa shape index (κ1) is 13.4. The van der Waals surface area contributed by atoms with Gasteiger partial charge in [0.1, 0.15) is 0 Å². The van der Waals surface area contributed by atoms with Gasteiger partial charge in [0.2, 0.25) is 0 Å². The number of hydrogen-bond donors (Lipinski definition) is 0. The molecule has 1 aromatic heterocycles. The third-order valence-electron chi connectivity index (χ3n) is 4.20. The SMILES string of the molecule is N#Cc1ccc2c(c1)C(=O)/C(=C\c1cccc3cnccc13)C2. The van der Waals surface area contributed by atoms with Gasteiger partial charge < -0.3 is 0 Å². The second kappa shape index (κ2) is 5.19. The molecule has 0 N–H and O–H groups in total. The number of nitrogens with zero attached hydrogens (tertiary/aromatic N) is 2. The minimum atomic E-state index is 0.0168. The van der Waals surface area contributed by atoms with Crippen molar-refractivity contribution in [2.45, 2.75) is 6.42 Å². The summed E-state index contributed by atoms with van der Waals surface area (Å²) in [7, 11) is 0. The Kier molecular flexibility index (Phi) is 3.03. The minimum absolute atomic E-state index is 0.0168. The van der Waals surface area contributed by atoms with Crippen molar-refractivity contribution in [1.29, 1.82) is 5.26 Å². The predicted octanol–water partition coefficient (Wildman–Crippen LogP) is 3.93. The number of Topliss-reactive ketones (excluding diaryl/α,β-unsaturated/α-hetero) is 1. The van der Waals surface area contributed by atoms with E-state index in [4.69, 9.17) is 5.26 Å². The van der Waals surface area contributed by atoms with Crippen molar-refractivity contribution in [2.75, 3.05) is 0 Å². The van der Waals surface area contributed by atoms with Crippen molar-refractivity contribution in [3.8, 4) is 6.07 Å². The third kappa shape index (κ3) is 2.21. The van der Waals surface area contributed by atoms with Crippen LogP contribution in [-0.4, -0.2) is 10.8 Å². The van der Waals surface area contributed by atoms with E-state index < -0.39 is 0 Å². The highest BCUT2D eigenvalue weighted by Crippen LogP contribution is 2.30. The number of fused-ring (bicyclic) bond motifs is 2. The fourth-order valence-corrected chi connectivity index (χ4v) is 3.05. The number of carbonyl (C=O) groups excluding carboxylic acids is 1. The van der Waals surface area contributed by atoms with Crippen LogP contribution in [0.3, 0.4) is 0 Å². The number of hydrogen-bond acceptors (Lipinski definition) is 3. The number of nitriles is 1. The summed E-state index contributed by atoms with van der Waals surface area (Å²) in [6.45, 7) is 0. The highest BCUT2D eigenvalue weighted by molar-refractivity contribution is 6.16. The second-order valence-corrected chi connectivity index (χ2v) is 5.60. The summed E-state index contributed by atoms with van der Waals surface area (Å²) in [5.74, 6) is 0.0168. The molecule has 0 atom stereocenters. The highest BCUT2D eigenvalue weighted by atomic mass is 16.1. The van der Waals surface area contributed by atoms with Gasteiger partial charge in [0.15, 0.2) is 5.78 Å². The summed E-state index contributed by atoms with van der Waals surface area (Å²) in [6, 6.07) is 15.4. The molecule has 0 radical (unpaired) electrons. The lowest BCUT2D eigenvalue weighted by atomic mass is 10.0. The first-order valence-corrected chi connectivity index (χ1v) is 7.37. The van der Waals surface area contributed by atoms with Gasteiger partial charge in [-0.2, -0.15) is 5.26 Å². The summed E-state index contributed by atoms with van der Waals surface area (Å²) in [6.07, 6.45) is 6.15. The number of rotatable bonds is 1. The van der Waals surface area contributed by atoms with E-state index in [1.54, 1.807) is 18.3 Å². The van der Waals surface area contributed by atoms with Crippen molar-refractivity contribution in [3.05, 3.63) is 82.7 Å². The summed E-state index contributed by atoms with van der Waals surface area (Å²) >= 11 is 0. The lowest BCUT2D eigenvalue weighted by Crippen LogP contribution is -1.96. The number of benzene rings is 2. The van der Waals surface area contributed by atoms with Crippen LogP contribution in [0.2, 0.25) is 0 Å². The second-order valence-electron chi connectivity index (χ2n) is 5.60. The molecule has 4 rings (SSSR count). The van der Waals surface area contributed by atoms with E-state index in [2.05, 4.69) is 11.1 Å². The molecule has 23 heavy (non-hydrogen) atoms. The number of aromatic nitrogens is 1. The molecule has 1 heterocycles. The van der Waals surface area contributed by atoms with E-state index in [0.717, 1.165) is 27.5 Å². The van der Waals surface area contributed by atoms with E-state index >= 15 is 0 Å². The summed E-state index contributed by atoms with van der Waals surface area (Å²) in [5.41, 5.74) is 3.94. The molecule has 3 aromatic rings. The maximum atomic E-state index is 12.6. The molecule has 0 amide bonds. The lowest BCUT2D eigenvalue weighted by molar-refractivity contribution is 0.104. The normalized spacial score (nSPS) is 14.9. The molecule has 3 heteroatoms. The average Bonchev–Trinajstić information content (AvgIpc) is 2.91. The quantitative estimate of drug-likeness (QED) is 0.639. The van der Waals surface area contributed by atoms with Crippen LogP contribution in [-0.2, 0) is 6.42 Å². The zero-order chi connectivity index (χ0) is 15.8. The molecular weight excluding hydrogens is 284 g/mol. The van der Waals surface area contributed by atoms with Gasteiger partial charge in [0.05, 0.1) is 11.6 Å². The molecule has 2 aromatic carbocycles. The molecule has 0 saturated carbocycles. The van der Waals surface area contributed by atoms with Gasteiger partial charge in [-0.15, -0.1) is 0 Å². The number of pyridine rings is 1. The largest absolute Gasteiger partial charge is 0.289 e. The summed E-state index contributed by atoms with van der Waals surface area (Å²) < 4.78 is 0. The van der Waals surface area contributed by atoms with Crippen molar-refractivity contribution in [1.82, 2.24) is 4.98 Å². The molecule has 108 valence electrons. The fraction of sp³-hybridized carbons (Fsp3) is 0.0500. The summed E-state index contributed by atoms with van der Waals surface area (Å²) in [4.78, 5) is 16.7. The molecule has 0 aliphatic heterocycles. The maximum absolute atomic E-state index is 12.6. The Balaban J connectivity index is 1.81. The van der Waals surface area contributed by atoms with Crippen LogP contribution in [0.25, 0.3) is 16.8 Å². The van der Waals surface area contributed by atoms with E-state index in [1.165, 1.54) is 0 Å². The molecule has 3 nitrogen and oxygen atoms in total. The van der Waals surface area contributed by atoms with Crippen LogP contribution < -0.4 is 0 Å².